The van der Waals surface area contributed by atoms with Gasteiger partial charge in [0.15, 0.2) is 5.96 Å². The van der Waals surface area contributed by atoms with Crippen molar-refractivity contribution in [1.29, 1.82) is 0 Å². The second kappa shape index (κ2) is 35.6. The maximum absolute atomic E-state index is 14.3. The molecule has 3 aliphatic rings. The van der Waals surface area contributed by atoms with Crippen LogP contribution in [-0.4, -0.2) is 215 Å². The number of hydrogen-bond acceptors (Lipinski definition) is 18. The zero-order valence-corrected chi connectivity index (χ0v) is 45.4. The Balaban J connectivity index is 1.78. The van der Waals surface area contributed by atoms with Gasteiger partial charge in [0.1, 0.15) is 54.4 Å². The SMILES string of the molecule is NCCCC[C@H](NC(=O)[C@H](CCCCN)NC(=O)[C@H](CO)NC(=O)[C@@H]1CCCN1C(=O)[C@@H]1CCCN1C(=O)[C@H](CCCCN)NC(=O)[C@@H]1CCCN1)C(=O)N[C@@H](CCCN=C(N)N)C(=O)N[C@@H](CO)C(=O)N[C@@H](CS)C(=O)O. The Morgan fingerprint density at radius 1 is 0.538 bits per heavy atom. The van der Waals surface area contributed by atoms with Crippen LogP contribution in [0.25, 0.3) is 0 Å². The second-order valence-electron chi connectivity index (χ2n) is 19.6. The number of amides is 9. The Kier molecular flexibility index (Phi) is 30.3. The van der Waals surface area contributed by atoms with Crippen LogP contribution in [0.5, 0.6) is 0 Å². The van der Waals surface area contributed by atoms with Gasteiger partial charge in [0, 0.05) is 25.4 Å². The van der Waals surface area contributed by atoms with Crippen LogP contribution in [0, 0.1) is 0 Å². The highest BCUT2D eigenvalue weighted by Gasteiger charge is 2.44. The molecular weight excluding hydrogens is 1040 g/mol. The first-order valence-electron chi connectivity index (χ1n) is 27.0. The molecule has 442 valence electrons. The summed E-state index contributed by atoms with van der Waals surface area (Å²) in [5.74, 6) is -8.58. The van der Waals surface area contributed by atoms with Gasteiger partial charge in [-0.3, -0.25) is 48.1 Å². The number of aliphatic hydroxyl groups excluding tert-OH is 2. The highest BCUT2D eigenvalue weighted by molar-refractivity contribution is 7.80. The van der Waals surface area contributed by atoms with Crippen molar-refractivity contribution in [3.8, 4) is 0 Å². The number of thiol groups is 1. The van der Waals surface area contributed by atoms with E-state index in [0.29, 0.717) is 83.7 Å². The van der Waals surface area contributed by atoms with Crippen molar-refractivity contribution in [2.24, 2.45) is 33.7 Å². The number of carboxylic acids is 1. The molecule has 0 bridgehead atoms. The van der Waals surface area contributed by atoms with E-state index >= 15 is 0 Å². The van der Waals surface area contributed by atoms with Crippen molar-refractivity contribution < 1.29 is 63.3 Å². The van der Waals surface area contributed by atoms with E-state index in [2.05, 4.69) is 60.2 Å². The Morgan fingerprint density at radius 2 is 0.974 bits per heavy atom. The summed E-state index contributed by atoms with van der Waals surface area (Å²) in [5.41, 5.74) is 28.1. The average molecular weight is 1130 g/mol. The maximum atomic E-state index is 14.3. The van der Waals surface area contributed by atoms with Gasteiger partial charge in [-0.05, 0) is 135 Å². The molecule has 3 rings (SSSR count). The summed E-state index contributed by atoms with van der Waals surface area (Å²) in [4.78, 5) is 143. The van der Waals surface area contributed by atoms with Crippen molar-refractivity contribution in [1.82, 2.24) is 52.3 Å². The number of likely N-dealkylation sites (tertiary alicyclic amines) is 2. The van der Waals surface area contributed by atoms with Gasteiger partial charge in [-0.25, -0.2) is 4.79 Å². The summed E-state index contributed by atoms with van der Waals surface area (Å²) in [6.07, 6.45) is 5.88. The summed E-state index contributed by atoms with van der Waals surface area (Å²) >= 11 is 3.91. The molecular formula is C48H86N16O13S. The molecule has 0 spiro atoms. The first-order valence-corrected chi connectivity index (χ1v) is 27.7. The molecule has 3 heterocycles. The van der Waals surface area contributed by atoms with Crippen LogP contribution in [0.15, 0.2) is 4.99 Å². The minimum atomic E-state index is -1.65. The Bertz CT molecular complexity index is 2030. The zero-order valence-electron chi connectivity index (χ0n) is 44.5. The number of aliphatic carboxylic acids is 1. The number of nitrogens with one attached hydrogen (secondary N) is 8. The number of hydrogen-bond donors (Lipinski definition) is 17. The van der Waals surface area contributed by atoms with Gasteiger partial charge < -0.3 is 96.3 Å². The summed E-state index contributed by atoms with van der Waals surface area (Å²) < 4.78 is 0. The average Bonchev–Trinajstić information content (AvgIpc) is 4.25. The van der Waals surface area contributed by atoms with E-state index in [1.54, 1.807) is 0 Å². The third-order valence-corrected chi connectivity index (χ3v) is 14.1. The van der Waals surface area contributed by atoms with Crippen molar-refractivity contribution in [2.75, 3.05) is 64.8 Å². The molecule has 0 aliphatic carbocycles. The Hall–Kier alpha value is -5.92. The lowest BCUT2D eigenvalue weighted by molar-refractivity contribution is -0.148. The fraction of sp³-hybridized carbons (Fsp3) is 0.771. The standard InChI is InChI=1S/C48H86N16O13S/c49-18-4-1-11-29(39(68)57-31(15-8-22-55-48(52)53)41(70)60-33(25-65)43(72)62-35(27-78)47(76)77)56-40(69)30(12-2-5-19-50)58-42(71)34(26-66)61-44(73)36-16-9-23-63(36)46(75)37-17-10-24-64(37)45(74)32(13-3-6-20-51)59-38(67)28-14-7-21-54-28/h28-37,54,65-66,78H,1-27,49-51H2,(H,56,69)(H,57,68)(H,58,71)(H,59,67)(H,60,70)(H,61,73)(H,62,72)(H,76,77)(H4,52,53,55)/t28-,29-,30-,31-,32-,33-,34-,35-,36-,37-/m0/s1. The third-order valence-electron chi connectivity index (χ3n) is 13.8. The van der Waals surface area contributed by atoms with Crippen molar-refractivity contribution in [3.05, 3.63) is 0 Å². The van der Waals surface area contributed by atoms with Gasteiger partial charge in [0.2, 0.25) is 53.2 Å². The molecule has 3 saturated heterocycles. The van der Waals surface area contributed by atoms with Gasteiger partial charge >= 0.3 is 5.97 Å². The lowest BCUT2D eigenvalue weighted by Gasteiger charge is -2.33. The van der Waals surface area contributed by atoms with Crippen molar-refractivity contribution in [3.63, 3.8) is 0 Å². The summed E-state index contributed by atoms with van der Waals surface area (Å²) in [6.45, 7) is 0.128. The quantitative estimate of drug-likeness (QED) is 0.0120. The third kappa shape index (κ3) is 21.4. The number of carbonyl (C=O) groups is 10. The molecule has 21 N–H and O–H groups in total. The van der Waals surface area contributed by atoms with Crippen LogP contribution in [0.1, 0.15) is 109 Å². The van der Waals surface area contributed by atoms with Crippen molar-refractivity contribution >= 4 is 77.7 Å². The molecule has 3 fully saturated rings. The van der Waals surface area contributed by atoms with Crippen molar-refractivity contribution in [2.45, 2.75) is 170 Å². The largest absolute Gasteiger partial charge is 0.480 e. The van der Waals surface area contributed by atoms with Crippen LogP contribution < -0.4 is 71.2 Å². The van der Waals surface area contributed by atoms with E-state index in [0.717, 1.165) is 6.42 Å². The lowest BCUT2D eigenvalue weighted by Crippen LogP contribution is -2.61. The van der Waals surface area contributed by atoms with Gasteiger partial charge in [-0.15, -0.1) is 0 Å². The molecule has 0 aromatic carbocycles. The smallest absolute Gasteiger partial charge is 0.327 e. The molecule has 0 saturated carbocycles. The molecule has 0 radical (unpaired) electrons. The van der Waals surface area contributed by atoms with E-state index in [1.807, 2.05) is 0 Å². The highest BCUT2D eigenvalue weighted by Crippen LogP contribution is 2.26. The highest BCUT2D eigenvalue weighted by atomic mass is 32.1. The Morgan fingerprint density at radius 3 is 1.44 bits per heavy atom. The van der Waals surface area contributed by atoms with Gasteiger partial charge in [-0.1, -0.05) is 0 Å². The molecule has 10 atom stereocenters. The maximum Gasteiger partial charge on any atom is 0.327 e. The van der Waals surface area contributed by atoms with Crippen LogP contribution in [0.3, 0.4) is 0 Å². The van der Waals surface area contributed by atoms with Crippen LogP contribution in [-0.2, 0) is 47.9 Å². The van der Waals surface area contributed by atoms with Crippen LogP contribution >= 0.6 is 12.6 Å². The molecule has 0 aromatic heterocycles. The number of unbranched alkanes of at least 4 members (excludes halogenated alkanes) is 3. The van der Waals surface area contributed by atoms with Crippen LogP contribution in [0.2, 0.25) is 0 Å². The number of aliphatic imine (C=N–C) groups is 1. The van der Waals surface area contributed by atoms with E-state index < -0.39 is 127 Å². The number of guanidine groups is 1. The number of nitrogens with zero attached hydrogens (tertiary/aromatic N) is 3. The summed E-state index contributed by atoms with van der Waals surface area (Å²) in [7, 11) is 0. The predicted octanol–water partition coefficient (Wildman–Crippen LogP) is -6.45. The molecule has 0 aromatic rings. The monoisotopic (exact) mass is 1130 g/mol. The number of carboxylic acid groups (broad SMARTS) is 1. The molecule has 29 nitrogen and oxygen atoms in total. The predicted molar refractivity (Wildman–Crippen MR) is 288 cm³/mol. The number of carbonyl (C=O) groups excluding carboxylic acids is 9. The molecule has 78 heavy (non-hydrogen) atoms. The second-order valence-corrected chi connectivity index (χ2v) is 20.0. The number of aliphatic hydroxyl groups is 2. The normalized spacial score (nSPS) is 19.7. The summed E-state index contributed by atoms with van der Waals surface area (Å²) in [6, 6.07) is -12.2. The van der Waals surface area contributed by atoms with E-state index in [1.165, 1.54) is 9.80 Å². The molecule has 9 amide bonds. The first kappa shape index (κ1) is 66.4. The number of nitrogens with two attached hydrogens (primary N) is 5. The fourth-order valence-electron chi connectivity index (χ4n) is 9.41. The van der Waals surface area contributed by atoms with Crippen LogP contribution in [0.4, 0.5) is 0 Å². The lowest BCUT2D eigenvalue weighted by atomic mass is 10.0. The van der Waals surface area contributed by atoms with Gasteiger partial charge in [-0.2, -0.15) is 12.6 Å². The molecule has 30 heteroatoms. The van der Waals surface area contributed by atoms with Gasteiger partial charge in [0.25, 0.3) is 0 Å². The Labute approximate surface area is 460 Å². The van der Waals surface area contributed by atoms with E-state index in [-0.39, 0.29) is 82.4 Å². The minimum Gasteiger partial charge on any atom is -0.480 e. The molecule has 3 aliphatic heterocycles. The zero-order chi connectivity index (χ0) is 57.7. The van der Waals surface area contributed by atoms with E-state index in [4.69, 9.17) is 28.7 Å². The first-order chi connectivity index (χ1) is 37.3. The number of rotatable bonds is 36. The topological polar surface area (TPSA) is 477 Å². The summed E-state index contributed by atoms with van der Waals surface area (Å²) in [5, 5.41) is 50.6. The molecule has 0 unspecified atom stereocenters. The fourth-order valence-corrected chi connectivity index (χ4v) is 9.66. The van der Waals surface area contributed by atoms with E-state index in [9.17, 15) is 63.3 Å². The van der Waals surface area contributed by atoms with Gasteiger partial charge in [0.05, 0.1) is 19.3 Å². The minimum absolute atomic E-state index is 0.00860.